The Kier molecular flexibility index (Phi) is 8.84. The lowest BCUT2D eigenvalue weighted by Gasteiger charge is -2.15. The molecule has 1 rings (SSSR count). The molecule has 0 saturated heterocycles. The Morgan fingerprint density at radius 1 is 1.04 bits per heavy atom. The van der Waals surface area contributed by atoms with E-state index in [0.717, 1.165) is 5.56 Å². The van der Waals surface area contributed by atoms with Crippen LogP contribution < -0.4 is 16.2 Å². The van der Waals surface area contributed by atoms with Gasteiger partial charge in [0.1, 0.15) is 12.4 Å². The molecule has 0 amide bonds. The minimum Gasteiger partial charge on any atom is -0.492 e. The van der Waals surface area contributed by atoms with E-state index in [2.05, 4.69) is 4.99 Å². The normalized spacial score (nSPS) is 11.4. The van der Waals surface area contributed by atoms with Crippen LogP contribution in [-0.4, -0.2) is 45.3 Å². The predicted octanol–water partition coefficient (Wildman–Crippen LogP) is 1.18. The number of aliphatic imine (C=N–C) groups is 1. The molecule has 0 bridgehead atoms. The summed E-state index contributed by atoms with van der Waals surface area (Å²) in [7, 11) is 2.57. The van der Waals surface area contributed by atoms with E-state index in [0.29, 0.717) is 24.5 Å². The zero-order chi connectivity index (χ0) is 20.4. The molecule has 27 heavy (non-hydrogen) atoms. The van der Waals surface area contributed by atoms with Crippen LogP contribution in [0.1, 0.15) is 19.4 Å². The number of rotatable bonds is 9. The first-order chi connectivity index (χ1) is 12.8. The third-order valence-corrected chi connectivity index (χ3v) is 3.70. The lowest BCUT2D eigenvalue weighted by molar-refractivity contribution is -0.139. The number of hydrogen-bond donors (Lipinski definition) is 2. The molecule has 148 valence electrons. The van der Waals surface area contributed by atoms with E-state index in [-0.39, 0.29) is 23.9 Å². The molecule has 0 heterocycles. The molecular weight excluding hydrogens is 350 g/mol. The summed E-state index contributed by atoms with van der Waals surface area (Å²) in [4.78, 5) is 28.2. The van der Waals surface area contributed by atoms with Crippen molar-refractivity contribution in [1.82, 2.24) is 0 Å². The van der Waals surface area contributed by atoms with Gasteiger partial charge < -0.3 is 25.7 Å². The summed E-state index contributed by atoms with van der Waals surface area (Å²) < 4.78 is 15.2. The van der Waals surface area contributed by atoms with E-state index in [1.807, 2.05) is 26.0 Å². The van der Waals surface area contributed by atoms with E-state index in [1.165, 1.54) is 14.2 Å². The van der Waals surface area contributed by atoms with Crippen molar-refractivity contribution < 1.29 is 23.8 Å². The highest BCUT2D eigenvalue weighted by atomic mass is 16.5. The number of hydrogen-bond acceptors (Lipinski definition) is 6. The summed E-state index contributed by atoms with van der Waals surface area (Å²) in [6, 6.07) is 7.17. The summed E-state index contributed by atoms with van der Waals surface area (Å²) >= 11 is 0. The number of benzene rings is 1. The van der Waals surface area contributed by atoms with Gasteiger partial charge >= 0.3 is 11.9 Å². The van der Waals surface area contributed by atoms with Crippen molar-refractivity contribution in [2.45, 2.75) is 20.3 Å². The van der Waals surface area contributed by atoms with Gasteiger partial charge in [0.05, 0.1) is 31.9 Å². The Hall–Kier alpha value is -3.03. The van der Waals surface area contributed by atoms with Crippen LogP contribution in [0.25, 0.3) is 0 Å². The van der Waals surface area contributed by atoms with Gasteiger partial charge in [-0.05, 0) is 23.6 Å². The largest absolute Gasteiger partial charge is 0.492 e. The zero-order valence-corrected chi connectivity index (χ0v) is 16.2. The zero-order valence-electron chi connectivity index (χ0n) is 16.2. The molecule has 0 unspecified atom stereocenters. The number of ether oxygens (including phenoxy) is 3. The molecule has 8 nitrogen and oxygen atoms in total. The minimum absolute atomic E-state index is 0.0163. The van der Waals surface area contributed by atoms with Gasteiger partial charge in [0.25, 0.3) is 0 Å². The molecule has 4 N–H and O–H groups in total. The highest BCUT2D eigenvalue weighted by molar-refractivity contribution is 6.00. The van der Waals surface area contributed by atoms with Crippen LogP contribution in [0.15, 0.2) is 40.4 Å². The van der Waals surface area contributed by atoms with Crippen LogP contribution in [0.4, 0.5) is 0 Å². The summed E-state index contributed by atoms with van der Waals surface area (Å²) in [6.45, 7) is 4.34. The first kappa shape index (κ1) is 22.0. The molecule has 0 aliphatic rings. The summed E-state index contributed by atoms with van der Waals surface area (Å²) in [5, 5.41) is 0. The van der Waals surface area contributed by atoms with Gasteiger partial charge in [-0.3, -0.25) is 4.99 Å². The Labute approximate surface area is 159 Å². The van der Waals surface area contributed by atoms with Gasteiger partial charge in [-0.2, -0.15) is 0 Å². The van der Waals surface area contributed by atoms with Gasteiger partial charge in [-0.25, -0.2) is 9.59 Å². The van der Waals surface area contributed by atoms with Crippen molar-refractivity contribution in [2.24, 2.45) is 22.4 Å². The number of nitrogens with two attached hydrogens (primary N) is 2. The molecule has 0 atom stereocenters. The van der Waals surface area contributed by atoms with Crippen molar-refractivity contribution in [3.8, 4) is 5.75 Å². The number of carbonyl (C=O) groups is 2. The molecule has 0 spiro atoms. The molecule has 0 radical (unpaired) electrons. The van der Waals surface area contributed by atoms with Crippen LogP contribution >= 0.6 is 0 Å². The van der Waals surface area contributed by atoms with E-state index >= 15 is 0 Å². The molecule has 0 aliphatic carbocycles. The van der Waals surface area contributed by atoms with Crippen molar-refractivity contribution in [3.05, 3.63) is 41.0 Å². The molecule has 0 fully saturated rings. The molecule has 8 heteroatoms. The molecular formula is C19H27N3O5. The fourth-order valence-corrected chi connectivity index (χ4v) is 2.46. The standard InChI is InChI=1S/C19H27N3O5/c1-12(2)16(18(24)26-4)15(17(23)25-3)11-13-5-7-14(8-6-13)27-10-9-22-19(20)21/h5-8,12H,9-11H2,1-4H3,(H4,20,21,22). The summed E-state index contributed by atoms with van der Waals surface area (Å²) in [6.07, 6.45) is 0.240. The van der Waals surface area contributed by atoms with Gasteiger partial charge in [-0.1, -0.05) is 26.0 Å². The lowest BCUT2D eigenvalue weighted by Crippen LogP contribution is -2.23. The minimum atomic E-state index is -0.554. The number of guanidine groups is 1. The van der Waals surface area contributed by atoms with E-state index in [1.54, 1.807) is 12.1 Å². The SMILES string of the molecule is COC(=O)C(Cc1ccc(OCCN=C(N)N)cc1)=C(C(=O)OC)C(C)C. The summed E-state index contributed by atoms with van der Waals surface area (Å²) in [5.41, 5.74) is 11.9. The fourth-order valence-electron chi connectivity index (χ4n) is 2.46. The maximum Gasteiger partial charge on any atom is 0.334 e. The van der Waals surface area contributed by atoms with Crippen molar-refractivity contribution >= 4 is 17.9 Å². The van der Waals surface area contributed by atoms with Crippen LogP contribution in [0.5, 0.6) is 5.75 Å². The smallest absolute Gasteiger partial charge is 0.334 e. The van der Waals surface area contributed by atoms with Gasteiger partial charge in [0.2, 0.25) is 0 Å². The van der Waals surface area contributed by atoms with Crippen molar-refractivity contribution in [2.75, 3.05) is 27.4 Å². The Bertz CT molecular complexity index is 705. The Balaban J connectivity index is 2.98. The quantitative estimate of drug-likeness (QED) is 0.217. The Morgan fingerprint density at radius 3 is 2.11 bits per heavy atom. The number of nitrogens with zero attached hydrogens (tertiary/aromatic N) is 1. The van der Waals surface area contributed by atoms with Crippen LogP contribution in [0.2, 0.25) is 0 Å². The van der Waals surface area contributed by atoms with Gasteiger partial charge in [0.15, 0.2) is 5.96 Å². The van der Waals surface area contributed by atoms with Gasteiger partial charge in [-0.15, -0.1) is 0 Å². The number of carbonyl (C=O) groups excluding carboxylic acids is 2. The Morgan fingerprint density at radius 2 is 1.63 bits per heavy atom. The highest BCUT2D eigenvalue weighted by Gasteiger charge is 2.25. The lowest BCUT2D eigenvalue weighted by atomic mass is 9.93. The van der Waals surface area contributed by atoms with Crippen LogP contribution in [-0.2, 0) is 25.5 Å². The third kappa shape index (κ3) is 7.01. The fraction of sp³-hybridized carbons (Fsp3) is 0.421. The monoisotopic (exact) mass is 377 g/mol. The maximum absolute atomic E-state index is 12.2. The molecule has 0 saturated carbocycles. The maximum atomic E-state index is 12.2. The highest BCUT2D eigenvalue weighted by Crippen LogP contribution is 2.23. The summed E-state index contributed by atoms with van der Waals surface area (Å²) in [5.74, 6) is -0.621. The van der Waals surface area contributed by atoms with Crippen LogP contribution in [0.3, 0.4) is 0 Å². The molecule has 1 aromatic rings. The van der Waals surface area contributed by atoms with E-state index in [9.17, 15) is 9.59 Å². The predicted molar refractivity (Wildman–Crippen MR) is 102 cm³/mol. The van der Waals surface area contributed by atoms with Crippen molar-refractivity contribution in [1.29, 1.82) is 0 Å². The van der Waals surface area contributed by atoms with Crippen LogP contribution in [0, 0.1) is 5.92 Å². The average Bonchev–Trinajstić information content (AvgIpc) is 2.64. The first-order valence-corrected chi connectivity index (χ1v) is 8.46. The van der Waals surface area contributed by atoms with E-state index < -0.39 is 11.9 Å². The topological polar surface area (TPSA) is 126 Å². The van der Waals surface area contributed by atoms with Crippen molar-refractivity contribution in [3.63, 3.8) is 0 Å². The second-order valence-corrected chi connectivity index (χ2v) is 6.01. The average molecular weight is 377 g/mol. The van der Waals surface area contributed by atoms with E-state index in [4.69, 9.17) is 25.7 Å². The second kappa shape index (κ2) is 10.8. The van der Waals surface area contributed by atoms with Gasteiger partial charge in [0, 0.05) is 6.42 Å². The molecule has 1 aromatic carbocycles. The second-order valence-electron chi connectivity index (χ2n) is 6.01. The third-order valence-electron chi connectivity index (χ3n) is 3.70. The first-order valence-electron chi connectivity index (χ1n) is 8.46. The number of methoxy groups -OCH3 is 2. The molecule has 0 aliphatic heterocycles. The molecule has 0 aromatic heterocycles. The number of esters is 2.